The second-order valence-electron chi connectivity index (χ2n) is 3.58. The van der Waals surface area contributed by atoms with E-state index in [0.717, 1.165) is 6.54 Å². The summed E-state index contributed by atoms with van der Waals surface area (Å²) in [7, 11) is 0. The molecule has 0 spiro atoms. The van der Waals surface area contributed by atoms with E-state index < -0.39 is 0 Å². The molecule has 0 aromatic rings. The maximum absolute atomic E-state index is 11.2. The molecule has 0 bridgehead atoms. The number of rotatable bonds is 0. The molecule has 0 aromatic carbocycles. The molecular weight excluding hydrogens is 128 g/mol. The van der Waals surface area contributed by atoms with Gasteiger partial charge in [0.25, 0.3) is 0 Å². The number of Topliss-reactive ketones (excluding diaryl/α,β-unsaturated/α-hetero) is 1. The van der Waals surface area contributed by atoms with E-state index in [0.29, 0.717) is 5.92 Å². The summed E-state index contributed by atoms with van der Waals surface area (Å²) in [5.41, 5.74) is -0.145. The number of nitrogens with zero attached hydrogens (tertiary/aromatic N) is 2. The molecule has 1 aliphatic carbocycles. The Morgan fingerprint density at radius 3 is 2.90 bits per heavy atom. The zero-order valence-corrected chi connectivity index (χ0v) is 6.16. The minimum Gasteiger partial charge on any atom is -0.297 e. The summed E-state index contributed by atoms with van der Waals surface area (Å²) in [6.45, 7) is 4.71. The molecule has 1 saturated carbocycles. The fourth-order valence-electron chi connectivity index (χ4n) is 1.73. The molecule has 2 atom stereocenters. The molecule has 54 valence electrons. The summed E-state index contributed by atoms with van der Waals surface area (Å²) in [5, 5.41) is 7.71. The van der Waals surface area contributed by atoms with Crippen LogP contribution in [0.25, 0.3) is 0 Å². The Balaban J connectivity index is 2.28. The van der Waals surface area contributed by atoms with Gasteiger partial charge in [0.15, 0.2) is 5.78 Å². The van der Waals surface area contributed by atoms with Gasteiger partial charge in [-0.05, 0) is 0 Å². The van der Waals surface area contributed by atoms with E-state index in [9.17, 15) is 4.79 Å². The van der Waals surface area contributed by atoms with Crippen LogP contribution in [-0.4, -0.2) is 18.4 Å². The normalized spacial score (nSPS) is 41.2. The average molecular weight is 138 g/mol. The standard InChI is InChI=1S/C7H10N2O/c1-7(2)4-3-8-9-5(4)6(7)10/h4-5H,3H2,1-2H3. The lowest BCUT2D eigenvalue weighted by Gasteiger charge is -2.42. The van der Waals surface area contributed by atoms with E-state index >= 15 is 0 Å². The van der Waals surface area contributed by atoms with Gasteiger partial charge in [-0.3, -0.25) is 4.79 Å². The highest BCUT2D eigenvalue weighted by Crippen LogP contribution is 2.47. The van der Waals surface area contributed by atoms with Crippen LogP contribution in [0.4, 0.5) is 0 Å². The zero-order chi connectivity index (χ0) is 7.35. The molecular formula is C7H10N2O. The van der Waals surface area contributed by atoms with Crippen LogP contribution in [0.15, 0.2) is 10.2 Å². The number of fused-ring (bicyclic) bond motifs is 1. The predicted molar refractivity (Wildman–Crippen MR) is 35.8 cm³/mol. The third kappa shape index (κ3) is 0.448. The fourth-order valence-corrected chi connectivity index (χ4v) is 1.73. The van der Waals surface area contributed by atoms with Crippen molar-refractivity contribution in [3.05, 3.63) is 0 Å². The van der Waals surface area contributed by atoms with Gasteiger partial charge in [0.2, 0.25) is 0 Å². The molecule has 3 nitrogen and oxygen atoms in total. The highest BCUT2D eigenvalue weighted by Gasteiger charge is 2.58. The van der Waals surface area contributed by atoms with Gasteiger partial charge in [0, 0.05) is 11.3 Å². The first kappa shape index (κ1) is 6.01. The van der Waals surface area contributed by atoms with Crippen LogP contribution in [0, 0.1) is 11.3 Å². The molecule has 1 heterocycles. The molecule has 1 aliphatic heterocycles. The number of azo groups is 1. The Hall–Kier alpha value is -0.730. The highest BCUT2D eigenvalue weighted by atomic mass is 16.1. The fraction of sp³-hybridized carbons (Fsp3) is 0.857. The van der Waals surface area contributed by atoms with Crippen LogP contribution in [0.2, 0.25) is 0 Å². The minimum absolute atomic E-state index is 0.0741. The SMILES string of the molecule is CC1(C)C(=O)C2N=NCC21. The number of ketones is 1. The summed E-state index contributed by atoms with van der Waals surface area (Å²) < 4.78 is 0. The maximum Gasteiger partial charge on any atom is 0.165 e. The summed E-state index contributed by atoms with van der Waals surface area (Å²) in [6, 6.07) is -0.0741. The van der Waals surface area contributed by atoms with Crippen molar-refractivity contribution in [3.8, 4) is 0 Å². The van der Waals surface area contributed by atoms with Crippen molar-refractivity contribution in [1.82, 2.24) is 0 Å². The van der Waals surface area contributed by atoms with Crippen molar-refractivity contribution in [2.45, 2.75) is 19.9 Å². The lowest BCUT2D eigenvalue weighted by molar-refractivity contribution is -0.143. The Labute approximate surface area is 59.5 Å². The summed E-state index contributed by atoms with van der Waals surface area (Å²) >= 11 is 0. The third-order valence-corrected chi connectivity index (χ3v) is 2.70. The molecule has 2 aliphatic rings. The van der Waals surface area contributed by atoms with Crippen molar-refractivity contribution < 1.29 is 4.79 Å². The largest absolute Gasteiger partial charge is 0.297 e. The monoisotopic (exact) mass is 138 g/mol. The number of hydrogen-bond donors (Lipinski definition) is 0. The van der Waals surface area contributed by atoms with E-state index in [1.54, 1.807) is 0 Å². The van der Waals surface area contributed by atoms with Crippen LogP contribution < -0.4 is 0 Å². The summed E-state index contributed by atoms with van der Waals surface area (Å²) in [6.07, 6.45) is 0. The molecule has 2 rings (SSSR count). The summed E-state index contributed by atoms with van der Waals surface area (Å²) in [5.74, 6) is 0.666. The van der Waals surface area contributed by atoms with Gasteiger partial charge in [-0.25, -0.2) is 0 Å². The van der Waals surface area contributed by atoms with Crippen LogP contribution >= 0.6 is 0 Å². The molecule has 10 heavy (non-hydrogen) atoms. The number of carbonyl (C=O) groups is 1. The number of carbonyl (C=O) groups excluding carboxylic acids is 1. The molecule has 3 heteroatoms. The Kier molecular flexibility index (Phi) is 0.881. The van der Waals surface area contributed by atoms with Gasteiger partial charge in [0.05, 0.1) is 6.54 Å². The predicted octanol–water partition coefficient (Wildman–Crippen LogP) is 1.05. The van der Waals surface area contributed by atoms with Gasteiger partial charge < -0.3 is 0 Å². The lowest BCUT2D eigenvalue weighted by atomic mass is 9.59. The van der Waals surface area contributed by atoms with Crippen LogP contribution in [0.3, 0.4) is 0 Å². The smallest absolute Gasteiger partial charge is 0.165 e. The molecule has 1 fully saturated rings. The second-order valence-corrected chi connectivity index (χ2v) is 3.58. The Morgan fingerprint density at radius 1 is 1.60 bits per heavy atom. The average Bonchev–Trinajstić information content (AvgIpc) is 2.31. The van der Waals surface area contributed by atoms with E-state index in [1.807, 2.05) is 13.8 Å². The first-order valence-corrected chi connectivity index (χ1v) is 3.55. The van der Waals surface area contributed by atoms with Crippen molar-refractivity contribution in [2.24, 2.45) is 21.6 Å². The quantitative estimate of drug-likeness (QED) is 0.493. The first-order chi connectivity index (χ1) is 4.64. The maximum atomic E-state index is 11.2. The Bertz CT molecular complexity index is 220. The van der Waals surface area contributed by atoms with Crippen molar-refractivity contribution in [3.63, 3.8) is 0 Å². The highest BCUT2D eigenvalue weighted by molar-refractivity contribution is 5.96. The molecule has 0 aromatic heterocycles. The minimum atomic E-state index is -0.145. The van der Waals surface area contributed by atoms with Crippen LogP contribution in [0.1, 0.15) is 13.8 Å². The topological polar surface area (TPSA) is 41.8 Å². The third-order valence-electron chi connectivity index (χ3n) is 2.70. The lowest BCUT2D eigenvalue weighted by Crippen LogP contribution is -2.56. The second kappa shape index (κ2) is 1.47. The van der Waals surface area contributed by atoms with E-state index in [4.69, 9.17) is 0 Å². The molecule has 0 radical (unpaired) electrons. The van der Waals surface area contributed by atoms with E-state index in [2.05, 4.69) is 10.2 Å². The van der Waals surface area contributed by atoms with Crippen molar-refractivity contribution in [2.75, 3.05) is 6.54 Å². The van der Waals surface area contributed by atoms with E-state index in [1.165, 1.54) is 0 Å². The van der Waals surface area contributed by atoms with Gasteiger partial charge in [-0.2, -0.15) is 10.2 Å². The van der Waals surface area contributed by atoms with Gasteiger partial charge in [-0.15, -0.1) is 0 Å². The first-order valence-electron chi connectivity index (χ1n) is 3.55. The number of hydrogen-bond acceptors (Lipinski definition) is 3. The van der Waals surface area contributed by atoms with Crippen LogP contribution in [-0.2, 0) is 4.79 Å². The summed E-state index contributed by atoms with van der Waals surface area (Å²) in [4.78, 5) is 11.2. The van der Waals surface area contributed by atoms with E-state index in [-0.39, 0.29) is 17.2 Å². The Morgan fingerprint density at radius 2 is 2.30 bits per heavy atom. The molecule has 0 saturated heterocycles. The molecule has 2 unspecified atom stereocenters. The van der Waals surface area contributed by atoms with Crippen LogP contribution in [0.5, 0.6) is 0 Å². The molecule has 0 amide bonds. The zero-order valence-electron chi connectivity index (χ0n) is 6.16. The molecule has 0 N–H and O–H groups in total. The van der Waals surface area contributed by atoms with Crippen molar-refractivity contribution >= 4 is 5.78 Å². The van der Waals surface area contributed by atoms with Crippen molar-refractivity contribution in [1.29, 1.82) is 0 Å². The van der Waals surface area contributed by atoms with Gasteiger partial charge in [0.1, 0.15) is 6.04 Å². The van der Waals surface area contributed by atoms with Gasteiger partial charge >= 0.3 is 0 Å². The van der Waals surface area contributed by atoms with Gasteiger partial charge in [-0.1, -0.05) is 13.8 Å².